The van der Waals surface area contributed by atoms with Gasteiger partial charge in [0.2, 0.25) is 0 Å². The molecule has 0 aliphatic rings. The van der Waals surface area contributed by atoms with E-state index in [1.54, 1.807) is 0 Å². The van der Waals surface area contributed by atoms with E-state index in [1.807, 2.05) is 0 Å². The molecule has 0 saturated heterocycles. The first kappa shape index (κ1) is 70.1. The summed E-state index contributed by atoms with van der Waals surface area (Å²) < 4.78 is 16.9. The number of hydrogen-bond acceptors (Lipinski definition) is 6. The summed E-state index contributed by atoms with van der Waals surface area (Å²) in [6, 6.07) is 0. The second-order valence-electron chi connectivity index (χ2n) is 22.4. The van der Waals surface area contributed by atoms with Crippen molar-refractivity contribution in [3.05, 3.63) is 12.2 Å². The molecule has 72 heavy (non-hydrogen) atoms. The zero-order valence-electron chi connectivity index (χ0n) is 49.0. The van der Waals surface area contributed by atoms with Crippen LogP contribution in [-0.4, -0.2) is 37.2 Å². The highest BCUT2D eigenvalue weighted by atomic mass is 16.6. The van der Waals surface area contributed by atoms with Crippen LogP contribution in [0, 0.1) is 0 Å². The summed E-state index contributed by atoms with van der Waals surface area (Å²) in [6.07, 6.45) is 72.2. The van der Waals surface area contributed by atoms with Crippen LogP contribution in [-0.2, 0) is 28.6 Å². The Morgan fingerprint density at radius 2 is 0.458 bits per heavy atom. The Labute approximate surface area is 450 Å². The van der Waals surface area contributed by atoms with Gasteiger partial charge < -0.3 is 14.2 Å². The molecule has 0 aliphatic carbocycles. The summed E-state index contributed by atoms with van der Waals surface area (Å²) >= 11 is 0. The van der Waals surface area contributed by atoms with Gasteiger partial charge in [0.25, 0.3) is 0 Å². The van der Waals surface area contributed by atoms with Crippen molar-refractivity contribution in [3.8, 4) is 0 Å². The Balaban J connectivity index is 4.23. The van der Waals surface area contributed by atoms with Gasteiger partial charge in [0.05, 0.1) is 0 Å². The minimum absolute atomic E-state index is 0.0634. The van der Waals surface area contributed by atoms with E-state index in [0.717, 1.165) is 57.8 Å². The highest BCUT2D eigenvalue weighted by Gasteiger charge is 2.19. The fourth-order valence-electron chi connectivity index (χ4n) is 10.1. The molecule has 0 radical (unpaired) electrons. The molecule has 0 aromatic heterocycles. The Hall–Kier alpha value is -1.85. The second kappa shape index (κ2) is 61.7. The Morgan fingerprint density at radius 3 is 0.694 bits per heavy atom. The maximum atomic E-state index is 12.9. The SMILES string of the molecule is CCCCCCCC/C=C\CCCCCCCCCCCCCC(=O)O[C@@H](COC(=O)CCCCCCCCCCCCCC)COC(=O)CCCCCCCCCCCCCCCCCCCCCCC. The zero-order chi connectivity index (χ0) is 52.2. The van der Waals surface area contributed by atoms with Crippen molar-refractivity contribution in [2.24, 2.45) is 0 Å². The first-order valence-electron chi connectivity index (χ1n) is 32.7. The predicted octanol–water partition coefficient (Wildman–Crippen LogP) is 22.1. The van der Waals surface area contributed by atoms with Crippen LogP contribution >= 0.6 is 0 Å². The second-order valence-corrected chi connectivity index (χ2v) is 22.4. The number of hydrogen-bond donors (Lipinski definition) is 0. The molecule has 0 spiro atoms. The first-order valence-corrected chi connectivity index (χ1v) is 32.7. The lowest BCUT2D eigenvalue weighted by Crippen LogP contribution is -2.30. The molecule has 1 atom stereocenters. The summed E-state index contributed by atoms with van der Waals surface area (Å²) in [7, 11) is 0. The fraction of sp³-hybridized carbons (Fsp3) is 0.924. The third-order valence-electron chi connectivity index (χ3n) is 15.0. The number of esters is 3. The van der Waals surface area contributed by atoms with Gasteiger partial charge in [0.1, 0.15) is 13.2 Å². The molecule has 0 saturated carbocycles. The van der Waals surface area contributed by atoms with Crippen LogP contribution in [0.2, 0.25) is 0 Å². The van der Waals surface area contributed by atoms with Gasteiger partial charge in [0, 0.05) is 19.3 Å². The molecule has 0 rings (SSSR count). The fourth-order valence-corrected chi connectivity index (χ4v) is 10.1. The van der Waals surface area contributed by atoms with Crippen LogP contribution in [0.5, 0.6) is 0 Å². The lowest BCUT2D eigenvalue weighted by Gasteiger charge is -2.18. The smallest absolute Gasteiger partial charge is 0.306 e. The van der Waals surface area contributed by atoms with Crippen molar-refractivity contribution < 1.29 is 28.6 Å². The molecular formula is C66H126O6. The summed E-state index contributed by atoms with van der Waals surface area (Å²) in [4.78, 5) is 38.3. The van der Waals surface area contributed by atoms with Gasteiger partial charge in [-0.25, -0.2) is 0 Å². The van der Waals surface area contributed by atoms with Crippen LogP contribution in [0.1, 0.15) is 374 Å². The minimum atomic E-state index is -0.765. The molecule has 6 heteroatoms. The number of carbonyl (C=O) groups excluding carboxylic acids is 3. The highest BCUT2D eigenvalue weighted by molar-refractivity contribution is 5.71. The van der Waals surface area contributed by atoms with Gasteiger partial charge in [-0.05, 0) is 44.9 Å². The number of carbonyl (C=O) groups is 3. The standard InChI is InChI=1S/C66H126O6/c1-4-7-10-13-16-19-22-25-27-29-31-33-35-37-39-41-44-47-50-53-56-59-65(68)71-62-63(61-70-64(67)58-55-52-49-46-43-24-21-18-15-12-9-6-3)72-66(69)60-57-54-51-48-45-42-40-38-36-34-32-30-28-26-23-20-17-14-11-8-5-2/h26,28,63H,4-25,27,29-62H2,1-3H3/b28-26-/t63-/m0/s1. The highest BCUT2D eigenvalue weighted by Crippen LogP contribution is 2.18. The molecule has 0 fully saturated rings. The van der Waals surface area contributed by atoms with Crippen molar-refractivity contribution >= 4 is 17.9 Å². The lowest BCUT2D eigenvalue weighted by atomic mass is 10.0. The predicted molar refractivity (Wildman–Crippen MR) is 312 cm³/mol. The molecule has 0 amide bonds. The van der Waals surface area contributed by atoms with E-state index in [2.05, 4.69) is 32.9 Å². The van der Waals surface area contributed by atoms with Crippen molar-refractivity contribution in [1.29, 1.82) is 0 Å². The average Bonchev–Trinajstić information content (AvgIpc) is 3.38. The maximum absolute atomic E-state index is 12.9. The van der Waals surface area contributed by atoms with Gasteiger partial charge in [-0.1, -0.05) is 322 Å². The maximum Gasteiger partial charge on any atom is 0.306 e. The van der Waals surface area contributed by atoms with E-state index in [4.69, 9.17) is 14.2 Å². The van der Waals surface area contributed by atoms with Gasteiger partial charge >= 0.3 is 17.9 Å². The molecular weight excluding hydrogens is 889 g/mol. The summed E-state index contributed by atoms with van der Waals surface area (Å²) in [5, 5.41) is 0. The average molecular weight is 1020 g/mol. The normalized spacial score (nSPS) is 12.0. The Morgan fingerprint density at radius 1 is 0.264 bits per heavy atom. The molecule has 0 N–H and O–H groups in total. The van der Waals surface area contributed by atoms with Gasteiger partial charge in [-0.3, -0.25) is 14.4 Å². The zero-order valence-corrected chi connectivity index (χ0v) is 49.0. The third-order valence-corrected chi connectivity index (χ3v) is 15.0. The van der Waals surface area contributed by atoms with Crippen LogP contribution < -0.4 is 0 Å². The molecule has 0 bridgehead atoms. The number of rotatable bonds is 61. The summed E-state index contributed by atoms with van der Waals surface area (Å²) in [6.45, 7) is 6.71. The van der Waals surface area contributed by atoms with Crippen molar-refractivity contribution in [1.82, 2.24) is 0 Å². The number of allylic oxidation sites excluding steroid dienone is 2. The van der Waals surface area contributed by atoms with Crippen molar-refractivity contribution in [2.45, 2.75) is 380 Å². The quantitative estimate of drug-likeness (QED) is 0.0261. The summed E-state index contributed by atoms with van der Waals surface area (Å²) in [5.74, 6) is -0.833. The van der Waals surface area contributed by atoms with E-state index in [1.165, 1.54) is 276 Å². The Bertz CT molecular complexity index is 1120. The van der Waals surface area contributed by atoms with E-state index < -0.39 is 6.10 Å². The monoisotopic (exact) mass is 1010 g/mol. The van der Waals surface area contributed by atoms with E-state index in [9.17, 15) is 14.4 Å². The molecule has 0 aromatic carbocycles. The van der Waals surface area contributed by atoms with Crippen molar-refractivity contribution in [2.75, 3.05) is 13.2 Å². The molecule has 0 aromatic rings. The molecule has 0 unspecified atom stereocenters. The number of unbranched alkanes of at least 4 members (excludes halogenated alkanes) is 48. The Kier molecular flexibility index (Phi) is 60.1. The topological polar surface area (TPSA) is 78.9 Å². The third kappa shape index (κ3) is 59.0. The van der Waals surface area contributed by atoms with Gasteiger partial charge in [0.15, 0.2) is 6.10 Å². The molecule has 426 valence electrons. The molecule has 0 heterocycles. The van der Waals surface area contributed by atoms with Crippen LogP contribution in [0.15, 0.2) is 12.2 Å². The summed E-state index contributed by atoms with van der Waals surface area (Å²) in [5.41, 5.74) is 0. The van der Waals surface area contributed by atoms with Crippen molar-refractivity contribution in [3.63, 3.8) is 0 Å². The first-order chi connectivity index (χ1) is 35.5. The van der Waals surface area contributed by atoms with Crippen LogP contribution in [0.4, 0.5) is 0 Å². The van der Waals surface area contributed by atoms with Gasteiger partial charge in [-0.15, -0.1) is 0 Å². The van der Waals surface area contributed by atoms with E-state index >= 15 is 0 Å². The van der Waals surface area contributed by atoms with Gasteiger partial charge in [-0.2, -0.15) is 0 Å². The van der Waals surface area contributed by atoms with E-state index in [-0.39, 0.29) is 31.1 Å². The largest absolute Gasteiger partial charge is 0.462 e. The lowest BCUT2D eigenvalue weighted by molar-refractivity contribution is -0.167. The van der Waals surface area contributed by atoms with E-state index in [0.29, 0.717) is 19.3 Å². The minimum Gasteiger partial charge on any atom is -0.462 e. The molecule has 6 nitrogen and oxygen atoms in total. The molecule has 0 aliphatic heterocycles. The number of ether oxygens (including phenoxy) is 3. The van der Waals surface area contributed by atoms with Crippen LogP contribution in [0.25, 0.3) is 0 Å². The van der Waals surface area contributed by atoms with Crippen LogP contribution in [0.3, 0.4) is 0 Å².